The second-order valence-electron chi connectivity index (χ2n) is 7.70. The van der Waals surface area contributed by atoms with E-state index in [0.717, 1.165) is 10.5 Å². The third-order valence-corrected chi connectivity index (χ3v) is 4.86. The number of esters is 1. The number of nitrogens with one attached hydrogen (secondary N) is 1. The molecule has 0 aromatic heterocycles. The van der Waals surface area contributed by atoms with Crippen LogP contribution >= 0.6 is 0 Å². The Morgan fingerprint density at radius 1 is 0.967 bits per heavy atom. The molecule has 0 radical (unpaired) electrons. The van der Waals surface area contributed by atoms with E-state index in [2.05, 4.69) is 5.32 Å². The summed E-state index contributed by atoms with van der Waals surface area (Å²) < 4.78 is 5.10. The van der Waals surface area contributed by atoms with E-state index in [9.17, 15) is 19.2 Å². The molecule has 3 rings (SSSR count). The van der Waals surface area contributed by atoms with Gasteiger partial charge in [0.25, 0.3) is 17.7 Å². The van der Waals surface area contributed by atoms with Gasteiger partial charge in [-0.1, -0.05) is 32.0 Å². The van der Waals surface area contributed by atoms with Crippen LogP contribution in [0.3, 0.4) is 0 Å². The van der Waals surface area contributed by atoms with Crippen molar-refractivity contribution in [2.75, 3.05) is 11.9 Å². The number of para-hydroxylation sites is 1. The van der Waals surface area contributed by atoms with Crippen LogP contribution in [0.2, 0.25) is 0 Å². The Hall–Kier alpha value is -3.48. The average Bonchev–Trinajstić information content (AvgIpc) is 2.96. The number of hydrogen-bond acceptors (Lipinski definition) is 5. The lowest BCUT2D eigenvalue weighted by Gasteiger charge is -2.17. The van der Waals surface area contributed by atoms with Crippen molar-refractivity contribution in [3.8, 4) is 0 Å². The van der Waals surface area contributed by atoms with E-state index < -0.39 is 24.4 Å². The lowest BCUT2D eigenvalue weighted by molar-refractivity contribution is -0.119. The van der Waals surface area contributed by atoms with Crippen LogP contribution in [0.4, 0.5) is 5.69 Å². The molecule has 1 aliphatic heterocycles. The van der Waals surface area contributed by atoms with E-state index in [1.165, 1.54) is 18.2 Å². The lowest BCUT2D eigenvalue weighted by Crippen LogP contribution is -2.35. The third-order valence-electron chi connectivity index (χ3n) is 4.86. The normalized spacial score (nSPS) is 13.1. The summed E-state index contributed by atoms with van der Waals surface area (Å²) in [6.07, 6.45) is 0. The maximum atomic E-state index is 12.5. The summed E-state index contributed by atoms with van der Waals surface area (Å²) >= 11 is 0. The van der Waals surface area contributed by atoms with Crippen molar-refractivity contribution in [3.05, 3.63) is 64.7 Å². The molecule has 0 unspecified atom stereocenters. The molecule has 7 nitrogen and oxygen atoms in total. The molecule has 0 bridgehead atoms. The van der Waals surface area contributed by atoms with Gasteiger partial charge in [0, 0.05) is 11.7 Å². The van der Waals surface area contributed by atoms with Crippen molar-refractivity contribution in [3.63, 3.8) is 0 Å². The number of ether oxygens (including phenoxy) is 1. The number of fused-ring (bicyclic) bond motifs is 1. The Bertz CT molecular complexity index is 1030. The summed E-state index contributed by atoms with van der Waals surface area (Å²) in [7, 11) is 0. The predicted octanol–water partition coefficient (Wildman–Crippen LogP) is 3.61. The van der Waals surface area contributed by atoms with Gasteiger partial charge in [-0.25, -0.2) is 4.79 Å². The van der Waals surface area contributed by atoms with E-state index in [-0.39, 0.29) is 34.6 Å². The molecular weight excluding hydrogens is 384 g/mol. The molecule has 156 valence electrons. The van der Waals surface area contributed by atoms with Crippen molar-refractivity contribution in [1.29, 1.82) is 0 Å². The Labute approximate surface area is 175 Å². The van der Waals surface area contributed by atoms with E-state index in [4.69, 9.17) is 4.74 Å². The summed E-state index contributed by atoms with van der Waals surface area (Å²) in [5.74, 6) is -1.81. The van der Waals surface area contributed by atoms with Gasteiger partial charge in [-0.2, -0.15) is 0 Å². The van der Waals surface area contributed by atoms with Crippen molar-refractivity contribution in [2.24, 2.45) is 0 Å². The maximum Gasteiger partial charge on any atom is 0.338 e. The van der Waals surface area contributed by atoms with Crippen LogP contribution in [0.5, 0.6) is 0 Å². The van der Waals surface area contributed by atoms with Gasteiger partial charge in [0.2, 0.25) is 0 Å². The molecule has 0 saturated carbocycles. The molecule has 3 amide bonds. The number of hydrogen-bond donors (Lipinski definition) is 1. The van der Waals surface area contributed by atoms with Crippen LogP contribution < -0.4 is 5.32 Å². The number of anilines is 1. The standard InChI is InChI=1S/C23H24N2O5/c1-13(2)16-7-5-6-8-19(16)24-20(26)12-30-23(29)15-9-10-17-18(11-15)22(28)25(14(3)4)21(17)27/h5-11,13-14H,12H2,1-4H3,(H,24,26). The lowest BCUT2D eigenvalue weighted by atomic mass is 10.0. The maximum absolute atomic E-state index is 12.5. The molecule has 7 heteroatoms. The van der Waals surface area contributed by atoms with Gasteiger partial charge in [0.05, 0.1) is 16.7 Å². The molecule has 2 aromatic carbocycles. The van der Waals surface area contributed by atoms with Gasteiger partial charge in [-0.3, -0.25) is 19.3 Å². The highest BCUT2D eigenvalue weighted by Crippen LogP contribution is 2.26. The third kappa shape index (κ3) is 4.10. The van der Waals surface area contributed by atoms with E-state index in [1.807, 2.05) is 32.0 Å². The zero-order valence-electron chi connectivity index (χ0n) is 17.4. The summed E-state index contributed by atoms with van der Waals surface area (Å²) in [6.45, 7) is 7.06. The van der Waals surface area contributed by atoms with Crippen LogP contribution in [-0.4, -0.2) is 41.2 Å². The van der Waals surface area contributed by atoms with Crippen molar-refractivity contribution >= 4 is 29.4 Å². The van der Waals surface area contributed by atoms with Crippen molar-refractivity contribution in [2.45, 2.75) is 39.7 Å². The van der Waals surface area contributed by atoms with Gasteiger partial charge in [0.15, 0.2) is 6.61 Å². The Morgan fingerprint density at radius 2 is 1.63 bits per heavy atom. The Morgan fingerprint density at radius 3 is 2.30 bits per heavy atom. The van der Waals surface area contributed by atoms with Crippen LogP contribution in [0, 0.1) is 0 Å². The predicted molar refractivity (Wildman–Crippen MR) is 112 cm³/mol. The van der Waals surface area contributed by atoms with Crippen LogP contribution in [0.25, 0.3) is 0 Å². The SMILES string of the molecule is CC(C)c1ccccc1NC(=O)COC(=O)c1ccc2c(c1)C(=O)N(C(C)C)C2=O. The molecule has 0 fully saturated rings. The van der Waals surface area contributed by atoms with Crippen LogP contribution in [0.15, 0.2) is 42.5 Å². The highest BCUT2D eigenvalue weighted by atomic mass is 16.5. The average molecular weight is 408 g/mol. The Kier molecular flexibility index (Phi) is 6.01. The van der Waals surface area contributed by atoms with E-state index in [1.54, 1.807) is 19.9 Å². The van der Waals surface area contributed by atoms with Gasteiger partial charge in [0.1, 0.15) is 0 Å². The fourth-order valence-corrected chi connectivity index (χ4v) is 3.37. The second kappa shape index (κ2) is 8.49. The highest BCUT2D eigenvalue weighted by molar-refractivity contribution is 6.22. The van der Waals surface area contributed by atoms with Gasteiger partial charge >= 0.3 is 5.97 Å². The molecule has 1 N–H and O–H groups in total. The molecule has 0 saturated heterocycles. The largest absolute Gasteiger partial charge is 0.452 e. The molecule has 0 atom stereocenters. The topological polar surface area (TPSA) is 92.8 Å². The first-order chi connectivity index (χ1) is 14.2. The van der Waals surface area contributed by atoms with E-state index in [0.29, 0.717) is 5.69 Å². The summed E-state index contributed by atoms with van der Waals surface area (Å²) in [5.41, 5.74) is 2.18. The van der Waals surface area contributed by atoms with Crippen LogP contribution in [0.1, 0.15) is 70.3 Å². The molecule has 0 aliphatic carbocycles. The highest BCUT2D eigenvalue weighted by Gasteiger charge is 2.37. The minimum Gasteiger partial charge on any atom is -0.452 e. The molecule has 1 aliphatic rings. The molecule has 0 spiro atoms. The van der Waals surface area contributed by atoms with Gasteiger partial charge in [-0.05, 0) is 49.6 Å². The number of amides is 3. The van der Waals surface area contributed by atoms with Gasteiger partial charge < -0.3 is 10.1 Å². The first-order valence-electron chi connectivity index (χ1n) is 9.78. The second-order valence-corrected chi connectivity index (χ2v) is 7.70. The number of rotatable bonds is 6. The number of imide groups is 1. The summed E-state index contributed by atoms with van der Waals surface area (Å²) in [4.78, 5) is 50.5. The zero-order valence-corrected chi connectivity index (χ0v) is 17.4. The molecule has 30 heavy (non-hydrogen) atoms. The van der Waals surface area contributed by atoms with Crippen LogP contribution in [-0.2, 0) is 9.53 Å². The van der Waals surface area contributed by atoms with Crippen molar-refractivity contribution < 1.29 is 23.9 Å². The number of nitrogens with zero attached hydrogens (tertiary/aromatic N) is 1. The minimum atomic E-state index is -0.742. The molecular formula is C23H24N2O5. The molecule has 1 heterocycles. The summed E-state index contributed by atoms with van der Waals surface area (Å²) in [6, 6.07) is 11.3. The monoisotopic (exact) mass is 408 g/mol. The fraction of sp³-hybridized carbons (Fsp3) is 0.304. The number of benzene rings is 2. The molecule has 2 aromatic rings. The first kappa shape index (κ1) is 21.2. The minimum absolute atomic E-state index is 0.107. The number of carbonyl (C=O) groups excluding carboxylic acids is 4. The smallest absolute Gasteiger partial charge is 0.338 e. The summed E-state index contributed by atoms with van der Waals surface area (Å²) in [5, 5.41) is 2.75. The number of carbonyl (C=O) groups is 4. The quantitative estimate of drug-likeness (QED) is 0.582. The van der Waals surface area contributed by atoms with E-state index >= 15 is 0 Å². The Balaban J connectivity index is 1.66. The fourth-order valence-electron chi connectivity index (χ4n) is 3.37. The zero-order chi connectivity index (χ0) is 22.0. The van der Waals surface area contributed by atoms with Crippen molar-refractivity contribution in [1.82, 2.24) is 4.90 Å². The van der Waals surface area contributed by atoms with Gasteiger partial charge in [-0.15, -0.1) is 0 Å². The first-order valence-corrected chi connectivity index (χ1v) is 9.78.